The molecule has 2 aromatic heterocycles. The Hall–Kier alpha value is -3.40. The van der Waals surface area contributed by atoms with Crippen molar-refractivity contribution in [2.75, 3.05) is 11.5 Å². The summed E-state index contributed by atoms with van der Waals surface area (Å²) in [5.41, 5.74) is 12.6. The van der Waals surface area contributed by atoms with Gasteiger partial charge in [0, 0.05) is 0 Å². The lowest BCUT2D eigenvalue weighted by atomic mass is 10.3. The SMILES string of the molecule is CCn1c(CNC(=O)c2nc(Cl)c(N)nc2N)[n+](CC(=O)[O-])c2ccccc21. The van der Waals surface area contributed by atoms with Crippen LogP contribution in [0.15, 0.2) is 24.3 Å². The van der Waals surface area contributed by atoms with Crippen LogP contribution in [-0.4, -0.2) is 26.4 Å². The zero-order chi connectivity index (χ0) is 20.4. The van der Waals surface area contributed by atoms with Crippen LogP contribution in [0.3, 0.4) is 0 Å². The van der Waals surface area contributed by atoms with E-state index in [4.69, 9.17) is 23.1 Å². The van der Waals surface area contributed by atoms with E-state index in [9.17, 15) is 14.7 Å². The number of carbonyl (C=O) groups excluding carboxylic acids is 2. The summed E-state index contributed by atoms with van der Waals surface area (Å²) < 4.78 is 3.49. The molecule has 0 aliphatic carbocycles. The van der Waals surface area contributed by atoms with Gasteiger partial charge in [-0.15, -0.1) is 0 Å². The Morgan fingerprint density at radius 3 is 2.64 bits per heavy atom. The highest BCUT2D eigenvalue weighted by Gasteiger charge is 2.25. The van der Waals surface area contributed by atoms with E-state index in [1.807, 2.05) is 29.7 Å². The number of nitrogens with one attached hydrogen (secondary N) is 1. The Kier molecular flexibility index (Phi) is 5.32. The third-order valence-corrected chi connectivity index (χ3v) is 4.50. The number of carboxylic acid groups (broad SMARTS) is 1. The number of aliphatic carboxylic acids is 1. The maximum atomic E-state index is 12.5. The minimum atomic E-state index is -1.24. The smallest absolute Gasteiger partial charge is 0.277 e. The summed E-state index contributed by atoms with van der Waals surface area (Å²) >= 11 is 5.82. The van der Waals surface area contributed by atoms with E-state index in [2.05, 4.69) is 15.3 Å². The minimum absolute atomic E-state index is 0.0255. The summed E-state index contributed by atoms with van der Waals surface area (Å²) in [5.74, 6) is -1.50. The van der Waals surface area contributed by atoms with Crippen molar-refractivity contribution in [2.45, 2.75) is 26.6 Å². The number of benzene rings is 1. The molecule has 0 spiro atoms. The Balaban J connectivity index is 1.97. The van der Waals surface area contributed by atoms with Gasteiger partial charge in [-0.3, -0.25) is 4.79 Å². The molecule has 5 N–H and O–H groups in total. The van der Waals surface area contributed by atoms with Gasteiger partial charge in [-0.1, -0.05) is 23.7 Å². The molecule has 2 heterocycles. The highest BCUT2D eigenvalue weighted by atomic mass is 35.5. The number of imidazole rings is 1. The number of nitrogens with two attached hydrogens (primary N) is 2. The van der Waals surface area contributed by atoms with Crippen LogP contribution >= 0.6 is 11.6 Å². The highest BCUT2D eigenvalue weighted by Crippen LogP contribution is 2.18. The first-order valence-electron chi connectivity index (χ1n) is 8.40. The molecule has 0 radical (unpaired) electrons. The third-order valence-electron chi connectivity index (χ3n) is 4.22. The second kappa shape index (κ2) is 7.69. The number of rotatable bonds is 6. The van der Waals surface area contributed by atoms with Crippen LogP contribution in [0.4, 0.5) is 11.6 Å². The largest absolute Gasteiger partial charge is 0.546 e. The molecule has 0 atom stereocenters. The van der Waals surface area contributed by atoms with Crippen molar-refractivity contribution in [3.8, 4) is 0 Å². The van der Waals surface area contributed by atoms with E-state index >= 15 is 0 Å². The lowest BCUT2D eigenvalue weighted by Gasteiger charge is -2.08. The van der Waals surface area contributed by atoms with Crippen LogP contribution in [0.1, 0.15) is 23.2 Å². The molecule has 10 nitrogen and oxygen atoms in total. The van der Waals surface area contributed by atoms with E-state index in [0.717, 1.165) is 5.52 Å². The molecular formula is C17H18ClN7O3. The number of aryl methyl sites for hydroxylation is 1. The number of carbonyl (C=O) groups is 2. The summed E-state index contributed by atoms with van der Waals surface area (Å²) in [7, 11) is 0. The van der Waals surface area contributed by atoms with Crippen molar-refractivity contribution in [1.82, 2.24) is 19.9 Å². The van der Waals surface area contributed by atoms with E-state index in [0.29, 0.717) is 17.9 Å². The van der Waals surface area contributed by atoms with Crippen molar-refractivity contribution in [1.29, 1.82) is 0 Å². The van der Waals surface area contributed by atoms with Gasteiger partial charge in [-0.05, 0) is 19.1 Å². The molecule has 3 rings (SSSR count). The number of carboxylic acids is 1. The fourth-order valence-electron chi connectivity index (χ4n) is 3.05. The maximum absolute atomic E-state index is 12.5. The Morgan fingerprint density at radius 2 is 1.96 bits per heavy atom. The standard InChI is InChI=1S/C17H18ClN7O3/c1-2-24-9-5-3-4-6-10(9)25(8-12(26)27)11(24)7-21-17(28)13-15(19)23-16(20)14(18)22-13/h3-6H,2,7-8H2,1H3,(H5-,19,20,21,23,26,27,28). The topological polar surface area (TPSA) is 156 Å². The molecular weight excluding hydrogens is 386 g/mol. The van der Waals surface area contributed by atoms with Gasteiger partial charge in [-0.25, -0.2) is 19.1 Å². The number of halogens is 1. The van der Waals surface area contributed by atoms with E-state index in [-0.39, 0.29) is 35.6 Å². The Labute approximate surface area is 164 Å². The average Bonchev–Trinajstić information content (AvgIpc) is 2.95. The molecule has 0 aliphatic heterocycles. The zero-order valence-corrected chi connectivity index (χ0v) is 15.7. The number of hydrogen-bond acceptors (Lipinski definition) is 7. The van der Waals surface area contributed by atoms with Gasteiger partial charge < -0.3 is 26.7 Å². The summed E-state index contributed by atoms with van der Waals surface area (Å²) in [6.45, 7) is 2.16. The van der Waals surface area contributed by atoms with Gasteiger partial charge in [0.05, 0.1) is 12.5 Å². The predicted molar refractivity (Wildman–Crippen MR) is 99.9 cm³/mol. The summed E-state index contributed by atoms with van der Waals surface area (Å²) in [4.78, 5) is 31.4. The fourth-order valence-corrected chi connectivity index (χ4v) is 3.17. The first-order valence-corrected chi connectivity index (χ1v) is 8.77. The van der Waals surface area contributed by atoms with Gasteiger partial charge in [0.1, 0.15) is 13.1 Å². The number of hydrogen-bond donors (Lipinski definition) is 3. The second-order valence-electron chi connectivity index (χ2n) is 5.92. The molecule has 146 valence electrons. The van der Waals surface area contributed by atoms with E-state index < -0.39 is 11.9 Å². The number of amides is 1. The minimum Gasteiger partial charge on any atom is -0.546 e. The Bertz CT molecular complexity index is 1080. The van der Waals surface area contributed by atoms with Crippen LogP contribution in [0, 0.1) is 0 Å². The van der Waals surface area contributed by atoms with Crippen molar-refractivity contribution < 1.29 is 19.3 Å². The van der Waals surface area contributed by atoms with Crippen molar-refractivity contribution >= 4 is 46.1 Å². The van der Waals surface area contributed by atoms with Crippen LogP contribution < -0.4 is 26.5 Å². The third kappa shape index (κ3) is 3.54. The quantitative estimate of drug-likeness (QED) is 0.456. The lowest BCUT2D eigenvalue weighted by Crippen LogP contribution is -2.47. The Morgan fingerprint density at radius 1 is 1.25 bits per heavy atom. The first-order chi connectivity index (χ1) is 13.3. The molecule has 0 saturated carbocycles. The van der Waals surface area contributed by atoms with Crippen molar-refractivity contribution in [2.24, 2.45) is 0 Å². The maximum Gasteiger partial charge on any atom is 0.277 e. The summed E-state index contributed by atoms with van der Waals surface area (Å²) in [5, 5.41) is 13.8. The molecule has 1 aromatic carbocycles. The van der Waals surface area contributed by atoms with Crippen molar-refractivity contribution in [3.05, 3.63) is 40.9 Å². The number of nitrogen functional groups attached to an aromatic ring is 2. The second-order valence-corrected chi connectivity index (χ2v) is 6.28. The normalized spacial score (nSPS) is 10.9. The lowest BCUT2D eigenvalue weighted by molar-refractivity contribution is -0.674. The van der Waals surface area contributed by atoms with Crippen LogP contribution in [0.5, 0.6) is 0 Å². The average molecular weight is 404 g/mol. The first kappa shape index (κ1) is 19.4. The highest BCUT2D eigenvalue weighted by molar-refractivity contribution is 6.31. The van der Waals surface area contributed by atoms with Crippen LogP contribution in [0.25, 0.3) is 11.0 Å². The van der Waals surface area contributed by atoms with Gasteiger partial charge in [0.25, 0.3) is 11.7 Å². The molecule has 0 saturated heterocycles. The van der Waals surface area contributed by atoms with Crippen LogP contribution in [0.2, 0.25) is 5.15 Å². The van der Waals surface area contributed by atoms with Crippen molar-refractivity contribution in [3.63, 3.8) is 0 Å². The molecule has 0 unspecified atom stereocenters. The molecule has 11 heteroatoms. The molecule has 28 heavy (non-hydrogen) atoms. The summed E-state index contributed by atoms with van der Waals surface area (Å²) in [6.07, 6.45) is 0. The van der Waals surface area contributed by atoms with Gasteiger partial charge in [0.15, 0.2) is 33.5 Å². The van der Waals surface area contributed by atoms with Gasteiger partial charge >= 0.3 is 0 Å². The van der Waals surface area contributed by atoms with Gasteiger partial charge in [-0.2, -0.15) is 0 Å². The molecule has 0 aliphatic rings. The summed E-state index contributed by atoms with van der Waals surface area (Å²) in [6, 6.07) is 7.34. The predicted octanol–water partition coefficient (Wildman–Crippen LogP) is -0.764. The molecule has 0 fully saturated rings. The molecule has 1 amide bonds. The zero-order valence-electron chi connectivity index (χ0n) is 15.0. The van der Waals surface area contributed by atoms with E-state index in [1.54, 1.807) is 10.6 Å². The number of para-hydroxylation sites is 2. The number of nitrogens with zero attached hydrogens (tertiary/aromatic N) is 4. The fraction of sp³-hybridized carbons (Fsp3) is 0.235. The molecule has 3 aromatic rings. The number of aromatic nitrogens is 4. The monoisotopic (exact) mass is 403 g/mol. The van der Waals surface area contributed by atoms with Gasteiger partial charge in [0.2, 0.25) is 0 Å². The number of fused-ring (bicyclic) bond motifs is 1. The van der Waals surface area contributed by atoms with E-state index in [1.165, 1.54) is 0 Å². The van der Waals surface area contributed by atoms with Crippen LogP contribution in [-0.2, 0) is 24.4 Å². The molecule has 0 bridgehead atoms. The number of anilines is 2.